The van der Waals surface area contributed by atoms with Crippen LogP contribution in [-0.2, 0) is 4.74 Å². The lowest BCUT2D eigenvalue weighted by atomic mass is 9.97. The van der Waals surface area contributed by atoms with Crippen LogP contribution in [0.25, 0.3) is 0 Å². The van der Waals surface area contributed by atoms with Gasteiger partial charge < -0.3 is 10.1 Å². The van der Waals surface area contributed by atoms with Gasteiger partial charge in [0.2, 0.25) is 5.92 Å². The molecule has 5 aliphatic rings. The van der Waals surface area contributed by atoms with E-state index in [-0.39, 0.29) is 36.8 Å². The predicted octanol–water partition coefficient (Wildman–Crippen LogP) is 4.28. The highest BCUT2D eigenvalue weighted by atomic mass is 19.3. The Bertz CT molecular complexity index is 820. The molecule has 4 nitrogen and oxygen atoms in total. The highest BCUT2D eigenvalue weighted by molar-refractivity contribution is 6.06. The normalized spacial score (nSPS) is 37.9. The van der Waals surface area contributed by atoms with Crippen molar-refractivity contribution in [3.63, 3.8) is 0 Å². The van der Waals surface area contributed by atoms with E-state index in [1.807, 2.05) is 0 Å². The Morgan fingerprint density at radius 1 is 1.07 bits per heavy atom. The number of alkyl halides is 4. The van der Waals surface area contributed by atoms with Gasteiger partial charge in [0.05, 0.1) is 12.2 Å². The van der Waals surface area contributed by atoms with E-state index in [2.05, 4.69) is 15.3 Å². The quantitative estimate of drug-likeness (QED) is 0.687. The number of nitrogens with zero attached hydrogens (tertiary/aromatic N) is 2. The third-order valence-electron chi connectivity index (χ3n) is 6.60. The number of nitrogens with one attached hydrogen (secondary N) is 1. The predicted molar refractivity (Wildman–Crippen MR) is 102 cm³/mol. The standard InChI is InChI=1S/C21H25F4N3O/c1-20(22,23)4-3-11-5-10-6-17(21(2,24)25)28-19(18(10)26-11)27-12-7-15-13-9-14(13)16(8-12)29-15/h5-6,12-16,18H,3-4,7-9H2,1-2H3,(H,27,28)/t12?,13?,14?,15-,16?,18?/m1/s1. The van der Waals surface area contributed by atoms with Crippen LogP contribution in [0.4, 0.5) is 17.6 Å². The van der Waals surface area contributed by atoms with Crippen molar-refractivity contribution in [1.82, 2.24) is 5.32 Å². The van der Waals surface area contributed by atoms with E-state index in [4.69, 9.17) is 4.74 Å². The number of fused-ring (bicyclic) bond motifs is 6. The van der Waals surface area contributed by atoms with Gasteiger partial charge in [-0.05, 0) is 62.2 Å². The summed E-state index contributed by atoms with van der Waals surface area (Å²) in [5.74, 6) is -4.18. The summed E-state index contributed by atoms with van der Waals surface area (Å²) in [7, 11) is 0. The van der Waals surface area contributed by atoms with E-state index in [1.165, 1.54) is 12.5 Å². The molecule has 2 bridgehead atoms. The molecule has 8 heteroatoms. The van der Waals surface area contributed by atoms with Crippen molar-refractivity contribution in [2.24, 2.45) is 21.8 Å². The zero-order valence-corrected chi connectivity index (χ0v) is 16.5. The molecule has 1 saturated carbocycles. The monoisotopic (exact) mass is 411 g/mol. The van der Waals surface area contributed by atoms with Crippen molar-refractivity contribution in [1.29, 1.82) is 0 Å². The molecule has 5 unspecified atom stereocenters. The van der Waals surface area contributed by atoms with Gasteiger partial charge >= 0.3 is 0 Å². The van der Waals surface area contributed by atoms with Crippen molar-refractivity contribution < 1.29 is 22.3 Å². The first kappa shape index (κ1) is 19.3. The minimum absolute atomic E-state index is 0.104. The molecule has 0 amide bonds. The molecular formula is C21H25F4N3O. The molecule has 0 aromatic carbocycles. The molecule has 5 rings (SSSR count). The molecule has 2 saturated heterocycles. The van der Waals surface area contributed by atoms with Crippen LogP contribution in [-0.4, -0.2) is 47.7 Å². The molecule has 0 radical (unpaired) electrons. The Labute approximate surface area is 167 Å². The maximum absolute atomic E-state index is 14.0. The van der Waals surface area contributed by atoms with Crippen LogP contribution < -0.4 is 5.32 Å². The van der Waals surface area contributed by atoms with E-state index in [0.29, 0.717) is 29.0 Å². The summed E-state index contributed by atoms with van der Waals surface area (Å²) >= 11 is 0. The van der Waals surface area contributed by atoms with Gasteiger partial charge in [0.15, 0.2) is 0 Å². The Morgan fingerprint density at radius 3 is 2.38 bits per heavy atom. The van der Waals surface area contributed by atoms with E-state index >= 15 is 0 Å². The van der Waals surface area contributed by atoms with Gasteiger partial charge in [-0.1, -0.05) is 0 Å². The largest absolute Gasteiger partial charge is 0.374 e. The van der Waals surface area contributed by atoms with Gasteiger partial charge in [-0.15, -0.1) is 0 Å². The lowest BCUT2D eigenvalue weighted by Crippen LogP contribution is -2.47. The Kier molecular flexibility index (Phi) is 4.25. The summed E-state index contributed by atoms with van der Waals surface area (Å²) in [6.07, 6.45) is 6.18. The number of ether oxygens (including phenoxy) is 1. The lowest BCUT2D eigenvalue weighted by Gasteiger charge is -2.34. The second kappa shape index (κ2) is 6.40. The van der Waals surface area contributed by atoms with Crippen LogP contribution in [0, 0.1) is 11.8 Å². The molecule has 3 fully saturated rings. The molecule has 0 spiro atoms. The first-order valence-corrected chi connectivity index (χ1v) is 10.3. The van der Waals surface area contributed by atoms with Gasteiger partial charge in [0.25, 0.3) is 5.92 Å². The third-order valence-corrected chi connectivity index (χ3v) is 6.60. The number of allylic oxidation sites excluding steroid dienone is 2. The minimum atomic E-state index is -3.09. The van der Waals surface area contributed by atoms with Crippen molar-refractivity contribution >= 4 is 11.5 Å². The van der Waals surface area contributed by atoms with E-state index < -0.39 is 17.9 Å². The second-order valence-corrected chi connectivity index (χ2v) is 9.24. The minimum Gasteiger partial charge on any atom is -0.374 e. The Morgan fingerprint density at radius 2 is 1.76 bits per heavy atom. The van der Waals surface area contributed by atoms with E-state index in [0.717, 1.165) is 26.7 Å². The Balaban J connectivity index is 1.36. The highest BCUT2D eigenvalue weighted by Gasteiger charge is 2.58. The average Bonchev–Trinajstić information content (AvgIpc) is 3.24. The maximum Gasteiger partial charge on any atom is 0.287 e. The topological polar surface area (TPSA) is 46.0 Å². The summed E-state index contributed by atoms with van der Waals surface area (Å²) < 4.78 is 60.5. The van der Waals surface area contributed by atoms with Crippen LogP contribution in [0.1, 0.15) is 46.0 Å². The lowest BCUT2D eigenvalue weighted by molar-refractivity contribution is -0.0332. The van der Waals surface area contributed by atoms with Crippen LogP contribution in [0.5, 0.6) is 0 Å². The van der Waals surface area contributed by atoms with Gasteiger partial charge in [0.1, 0.15) is 17.6 Å². The third kappa shape index (κ3) is 3.76. The Hall–Kier alpha value is -1.70. The van der Waals surface area contributed by atoms with E-state index in [1.54, 1.807) is 6.08 Å². The van der Waals surface area contributed by atoms with Crippen LogP contribution in [0.3, 0.4) is 0 Å². The number of hydrogen-bond acceptors (Lipinski definition) is 4. The van der Waals surface area contributed by atoms with Crippen molar-refractivity contribution in [3.8, 4) is 0 Å². The number of halogens is 4. The fourth-order valence-electron chi connectivity index (χ4n) is 5.05. The van der Waals surface area contributed by atoms with Crippen molar-refractivity contribution in [2.75, 3.05) is 0 Å². The zero-order chi connectivity index (χ0) is 20.6. The summed E-state index contributed by atoms with van der Waals surface area (Å²) in [4.78, 5) is 8.74. The smallest absolute Gasteiger partial charge is 0.287 e. The highest BCUT2D eigenvalue weighted by Crippen LogP contribution is 2.57. The fourth-order valence-corrected chi connectivity index (χ4v) is 5.05. The van der Waals surface area contributed by atoms with Gasteiger partial charge in [-0.25, -0.2) is 13.8 Å². The summed E-state index contributed by atoms with van der Waals surface area (Å²) in [6, 6.07) is -0.410. The molecule has 1 aliphatic carbocycles. The first-order valence-electron chi connectivity index (χ1n) is 10.3. The van der Waals surface area contributed by atoms with Crippen molar-refractivity contribution in [3.05, 3.63) is 23.4 Å². The van der Waals surface area contributed by atoms with Crippen LogP contribution >= 0.6 is 0 Å². The maximum atomic E-state index is 14.0. The molecule has 4 aliphatic heterocycles. The molecule has 0 aromatic rings. The summed E-state index contributed by atoms with van der Waals surface area (Å²) in [5.41, 5.74) is 0.773. The molecule has 29 heavy (non-hydrogen) atoms. The SMILES string of the molecule is CC(F)(F)CCC1=NC2C(=C1)C=C(C(C)(F)F)N=C2NC1CC2O[C@H](C1)C1CC21. The fraction of sp³-hybridized carbons (Fsp3) is 0.714. The molecule has 1 N–H and O–H groups in total. The molecule has 6 atom stereocenters. The van der Waals surface area contributed by atoms with Crippen LogP contribution in [0.2, 0.25) is 0 Å². The zero-order valence-electron chi connectivity index (χ0n) is 16.5. The van der Waals surface area contributed by atoms with E-state index in [9.17, 15) is 17.6 Å². The summed E-state index contributed by atoms with van der Waals surface area (Å²) in [6.45, 7) is 1.69. The first-order chi connectivity index (χ1) is 13.6. The van der Waals surface area contributed by atoms with Crippen LogP contribution in [0.15, 0.2) is 33.4 Å². The van der Waals surface area contributed by atoms with Crippen molar-refractivity contribution in [2.45, 2.75) is 82.1 Å². The number of amidine groups is 1. The molecule has 4 heterocycles. The molecule has 158 valence electrons. The number of hydrogen-bond donors (Lipinski definition) is 1. The van der Waals surface area contributed by atoms with Gasteiger partial charge in [-0.2, -0.15) is 8.78 Å². The summed E-state index contributed by atoms with van der Waals surface area (Å²) in [5, 5.41) is 3.37. The van der Waals surface area contributed by atoms with Gasteiger partial charge in [0, 0.05) is 25.1 Å². The molecular weight excluding hydrogens is 386 g/mol. The second-order valence-electron chi connectivity index (χ2n) is 9.24. The molecule has 0 aromatic heterocycles. The number of aliphatic imine (C=N–C) groups is 2. The van der Waals surface area contributed by atoms with Gasteiger partial charge in [-0.3, -0.25) is 4.99 Å². The number of rotatable bonds is 5. The average molecular weight is 411 g/mol.